The lowest BCUT2D eigenvalue weighted by Crippen LogP contribution is -2.34. The minimum Gasteiger partial charge on any atom is -0.480 e. The monoisotopic (exact) mass is 143 g/mol. The molecule has 0 rings (SSSR count). The van der Waals surface area contributed by atoms with Gasteiger partial charge >= 0.3 is 5.97 Å². The number of carboxylic acid groups (broad SMARTS) is 1. The molecule has 0 fully saturated rings. The van der Waals surface area contributed by atoms with Crippen LogP contribution >= 0.6 is 0 Å². The Balaban J connectivity index is 3.32. The van der Waals surface area contributed by atoms with E-state index in [2.05, 4.69) is 10.7 Å². The molecule has 0 aromatic heterocycles. The van der Waals surface area contributed by atoms with Gasteiger partial charge in [-0.25, -0.2) is 0 Å². The SMILES string of the molecule is C#CCOC[C@H](N)C(=O)O. The van der Waals surface area contributed by atoms with E-state index in [0.29, 0.717) is 0 Å². The third-order valence-corrected chi connectivity index (χ3v) is 0.800. The lowest BCUT2D eigenvalue weighted by atomic mass is 10.3. The lowest BCUT2D eigenvalue weighted by molar-refractivity contribution is -0.139. The maximum absolute atomic E-state index is 10.0. The first kappa shape index (κ1) is 8.95. The minimum atomic E-state index is -1.09. The van der Waals surface area contributed by atoms with Gasteiger partial charge in [-0.05, 0) is 0 Å². The molecular formula is C6H9NO3. The fraction of sp³-hybridized carbons (Fsp3) is 0.500. The quantitative estimate of drug-likeness (QED) is 0.393. The summed E-state index contributed by atoms with van der Waals surface area (Å²) < 4.78 is 4.66. The summed E-state index contributed by atoms with van der Waals surface area (Å²) in [5.41, 5.74) is 5.06. The van der Waals surface area contributed by atoms with Crippen LogP contribution < -0.4 is 5.73 Å². The number of carbonyl (C=O) groups is 1. The molecule has 0 aromatic carbocycles. The van der Waals surface area contributed by atoms with Gasteiger partial charge in [-0.3, -0.25) is 4.79 Å². The van der Waals surface area contributed by atoms with E-state index < -0.39 is 12.0 Å². The fourth-order valence-electron chi connectivity index (χ4n) is 0.316. The van der Waals surface area contributed by atoms with Crippen molar-refractivity contribution < 1.29 is 14.6 Å². The van der Waals surface area contributed by atoms with Crippen LogP contribution in [0.4, 0.5) is 0 Å². The number of rotatable bonds is 4. The average molecular weight is 143 g/mol. The van der Waals surface area contributed by atoms with Gasteiger partial charge in [0, 0.05) is 0 Å². The Morgan fingerprint density at radius 1 is 1.90 bits per heavy atom. The van der Waals surface area contributed by atoms with Crippen LogP contribution in [-0.2, 0) is 9.53 Å². The second kappa shape index (κ2) is 4.79. The van der Waals surface area contributed by atoms with Crippen molar-refractivity contribution in [1.29, 1.82) is 0 Å². The van der Waals surface area contributed by atoms with Crippen molar-refractivity contribution in [3.63, 3.8) is 0 Å². The first-order chi connectivity index (χ1) is 4.68. The molecule has 0 aliphatic heterocycles. The summed E-state index contributed by atoms with van der Waals surface area (Å²) in [5.74, 6) is 1.11. The van der Waals surface area contributed by atoms with Gasteiger partial charge in [-0.1, -0.05) is 5.92 Å². The molecule has 0 saturated carbocycles. The van der Waals surface area contributed by atoms with Gasteiger partial charge in [0.15, 0.2) is 0 Å². The number of terminal acetylenes is 1. The van der Waals surface area contributed by atoms with Gasteiger partial charge in [0.1, 0.15) is 12.6 Å². The van der Waals surface area contributed by atoms with Gasteiger partial charge < -0.3 is 15.6 Å². The molecule has 0 bridgehead atoms. The molecule has 0 amide bonds. The topological polar surface area (TPSA) is 72.5 Å². The molecule has 1 atom stereocenters. The van der Waals surface area contributed by atoms with Crippen LogP contribution in [0.5, 0.6) is 0 Å². The molecule has 0 spiro atoms. The Bertz CT molecular complexity index is 150. The summed E-state index contributed by atoms with van der Waals surface area (Å²) in [5, 5.41) is 8.22. The zero-order chi connectivity index (χ0) is 7.98. The zero-order valence-electron chi connectivity index (χ0n) is 5.41. The lowest BCUT2D eigenvalue weighted by Gasteiger charge is -2.03. The van der Waals surface area contributed by atoms with E-state index in [1.54, 1.807) is 0 Å². The van der Waals surface area contributed by atoms with Crippen molar-refractivity contribution in [2.75, 3.05) is 13.2 Å². The maximum atomic E-state index is 10.0. The second-order valence-electron chi connectivity index (χ2n) is 1.66. The van der Waals surface area contributed by atoms with Crippen LogP contribution in [0.15, 0.2) is 0 Å². The molecule has 0 heterocycles. The summed E-state index contributed by atoms with van der Waals surface area (Å²) >= 11 is 0. The third-order valence-electron chi connectivity index (χ3n) is 0.800. The predicted molar refractivity (Wildman–Crippen MR) is 35.3 cm³/mol. The molecule has 3 N–H and O–H groups in total. The molecule has 0 aliphatic carbocycles. The van der Waals surface area contributed by atoms with E-state index in [1.807, 2.05) is 0 Å². The van der Waals surface area contributed by atoms with Crippen molar-refractivity contribution in [2.45, 2.75) is 6.04 Å². The van der Waals surface area contributed by atoms with E-state index in [1.165, 1.54) is 0 Å². The zero-order valence-corrected chi connectivity index (χ0v) is 5.41. The van der Waals surface area contributed by atoms with E-state index in [-0.39, 0.29) is 13.2 Å². The maximum Gasteiger partial charge on any atom is 0.322 e. The highest BCUT2D eigenvalue weighted by Crippen LogP contribution is 1.80. The highest BCUT2D eigenvalue weighted by molar-refractivity contribution is 5.73. The second-order valence-corrected chi connectivity index (χ2v) is 1.66. The van der Waals surface area contributed by atoms with Gasteiger partial charge in [-0.2, -0.15) is 0 Å². The molecule has 4 nitrogen and oxygen atoms in total. The summed E-state index contributed by atoms with van der Waals surface area (Å²) in [6, 6.07) is -0.978. The summed E-state index contributed by atoms with van der Waals surface area (Å²) in [6.07, 6.45) is 4.83. The number of carboxylic acids is 1. The van der Waals surface area contributed by atoms with Crippen molar-refractivity contribution in [3.8, 4) is 12.3 Å². The highest BCUT2D eigenvalue weighted by atomic mass is 16.5. The Morgan fingerprint density at radius 3 is 2.90 bits per heavy atom. The first-order valence-electron chi connectivity index (χ1n) is 2.68. The number of nitrogens with two attached hydrogens (primary N) is 1. The molecule has 0 aliphatic rings. The third kappa shape index (κ3) is 3.89. The first-order valence-corrected chi connectivity index (χ1v) is 2.68. The van der Waals surface area contributed by atoms with Crippen LogP contribution in [0, 0.1) is 12.3 Å². The van der Waals surface area contributed by atoms with Gasteiger partial charge in [-0.15, -0.1) is 6.42 Å². The smallest absolute Gasteiger partial charge is 0.322 e. The van der Waals surface area contributed by atoms with E-state index in [9.17, 15) is 4.79 Å². The van der Waals surface area contributed by atoms with Gasteiger partial charge in [0.25, 0.3) is 0 Å². The molecule has 56 valence electrons. The number of aliphatic carboxylic acids is 1. The fourth-order valence-corrected chi connectivity index (χ4v) is 0.316. The van der Waals surface area contributed by atoms with Gasteiger partial charge in [0.2, 0.25) is 0 Å². The average Bonchev–Trinajstić information content (AvgIpc) is 1.88. The highest BCUT2D eigenvalue weighted by Gasteiger charge is 2.09. The molecule has 0 unspecified atom stereocenters. The standard InChI is InChI=1S/C6H9NO3/c1-2-3-10-4-5(7)6(8)9/h1,5H,3-4,7H2,(H,8,9)/t5-/m0/s1. The van der Waals surface area contributed by atoms with Crippen molar-refractivity contribution in [1.82, 2.24) is 0 Å². The number of ether oxygens (including phenoxy) is 1. The minimum absolute atomic E-state index is 0.0421. The van der Waals surface area contributed by atoms with Crippen molar-refractivity contribution >= 4 is 5.97 Å². The molecule has 4 heteroatoms. The number of hydrogen-bond donors (Lipinski definition) is 2. The Morgan fingerprint density at radius 2 is 2.50 bits per heavy atom. The van der Waals surface area contributed by atoms with Crippen LogP contribution in [0.25, 0.3) is 0 Å². The summed E-state index contributed by atoms with van der Waals surface area (Å²) in [4.78, 5) is 10.0. The molecule has 0 aromatic rings. The van der Waals surface area contributed by atoms with Crippen molar-refractivity contribution in [3.05, 3.63) is 0 Å². The Kier molecular flexibility index (Phi) is 4.29. The van der Waals surface area contributed by atoms with Crippen LogP contribution in [0.3, 0.4) is 0 Å². The van der Waals surface area contributed by atoms with E-state index in [0.717, 1.165) is 0 Å². The molecule has 10 heavy (non-hydrogen) atoms. The summed E-state index contributed by atoms with van der Waals surface area (Å²) in [6.45, 7) is 0.0561. The molecule has 0 saturated heterocycles. The molecule has 0 radical (unpaired) electrons. The molecular weight excluding hydrogens is 134 g/mol. The van der Waals surface area contributed by atoms with E-state index >= 15 is 0 Å². The van der Waals surface area contributed by atoms with Crippen molar-refractivity contribution in [2.24, 2.45) is 5.73 Å². The predicted octanol–water partition coefficient (Wildman–Crippen LogP) is -0.952. The van der Waals surface area contributed by atoms with Crippen LogP contribution in [-0.4, -0.2) is 30.3 Å². The Hall–Kier alpha value is -1.05. The normalized spacial score (nSPS) is 12.0. The van der Waals surface area contributed by atoms with E-state index in [4.69, 9.17) is 17.3 Å². The summed E-state index contributed by atoms with van der Waals surface area (Å²) in [7, 11) is 0. The van der Waals surface area contributed by atoms with Crippen LogP contribution in [0.1, 0.15) is 0 Å². The van der Waals surface area contributed by atoms with Crippen LogP contribution in [0.2, 0.25) is 0 Å². The Labute approximate surface area is 59.0 Å². The van der Waals surface area contributed by atoms with Gasteiger partial charge in [0.05, 0.1) is 6.61 Å². The number of hydrogen-bond acceptors (Lipinski definition) is 3. The largest absolute Gasteiger partial charge is 0.480 e.